The molecule has 0 unspecified atom stereocenters. The number of phenols is 1. The van der Waals surface area contributed by atoms with E-state index in [0.29, 0.717) is 5.56 Å². The fraction of sp³-hybridized carbons (Fsp3) is 0.222. The molecule has 0 saturated heterocycles. The second kappa shape index (κ2) is 4.99. The van der Waals surface area contributed by atoms with E-state index >= 15 is 0 Å². The lowest BCUT2D eigenvalue weighted by Gasteiger charge is -2.03. The normalized spacial score (nSPS) is 9.40. The lowest BCUT2D eigenvalue weighted by molar-refractivity contribution is 0.100. The Balaban J connectivity index is 2.95. The van der Waals surface area contributed by atoms with Gasteiger partial charge in [0.2, 0.25) is 0 Å². The molecule has 1 rings (SSSR count). The van der Waals surface area contributed by atoms with E-state index in [2.05, 4.69) is 10.0 Å². The highest BCUT2D eigenvalue weighted by Crippen LogP contribution is 2.18. The monoisotopic (exact) mass is 207 g/mol. The molecule has 0 fully saturated rings. The van der Waals surface area contributed by atoms with Crippen LogP contribution in [0.15, 0.2) is 23.3 Å². The van der Waals surface area contributed by atoms with Crippen LogP contribution in [0.2, 0.25) is 0 Å². The second-order valence-corrected chi connectivity index (χ2v) is 2.81. The molecular formula is C9H9N3O3. The summed E-state index contributed by atoms with van der Waals surface area (Å²) in [5.41, 5.74) is 8.59. The van der Waals surface area contributed by atoms with Gasteiger partial charge in [-0.1, -0.05) is 5.11 Å². The Morgan fingerprint density at radius 3 is 2.87 bits per heavy atom. The van der Waals surface area contributed by atoms with Gasteiger partial charge in [-0.05, 0) is 23.7 Å². The predicted molar refractivity (Wildman–Crippen MR) is 52.4 cm³/mol. The van der Waals surface area contributed by atoms with Crippen molar-refractivity contribution in [3.63, 3.8) is 0 Å². The lowest BCUT2D eigenvalue weighted by Crippen LogP contribution is -2.03. The van der Waals surface area contributed by atoms with Crippen LogP contribution in [-0.4, -0.2) is 22.5 Å². The van der Waals surface area contributed by atoms with E-state index in [-0.39, 0.29) is 30.2 Å². The molecule has 1 aromatic carbocycles. The van der Waals surface area contributed by atoms with E-state index in [1.54, 1.807) is 0 Å². The van der Waals surface area contributed by atoms with Gasteiger partial charge < -0.3 is 10.2 Å². The van der Waals surface area contributed by atoms with Crippen molar-refractivity contribution in [3.05, 3.63) is 39.8 Å². The van der Waals surface area contributed by atoms with Crippen molar-refractivity contribution >= 4 is 5.78 Å². The maximum Gasteiger partial charge on any atom is 0.168 e. The number of aromatic hydroxyl groups is 1. The van der Waals surface area contributed by atoms with Crippen molar-refractivity contribution in [2.75, 3.05) is 6.54 Å². The lowest BCUT2D eigenvalue weighted by atomic mass is 10.1. The van der Waals surface area contributed by atoms with Gasteiger partial charge in [0.15, 0.2) is 5.78 Å². The molecule has 0 radical (unpaired) electrons. The van der Waals surface area contributed by atoms with Gasteiger partial charge in [0.1, 0.15) is 5.75 Å². The molecule has 15 heavy (non-hydrogen) atoms. The fourth-order valence-electron chi connectivity index (χ4n) is 1.07. The first-order valence-corrected chi connectivity index (χ1v) is 4.16. The minimum absolute atomic E-state index is 0.0714. The maximum atomic E-state index is 11.4. The summed E-state index contributed by atoms with van der Waals surface area (Å²) in [6.45, 7) is -0.624. The molecule has 0 bridgehead atoms. The number of azide groups is 1. The molecule has 0 aliphatic rings. The zero-order chi connectivity index (χ0) is 11.3. The van der Waals surface area contributed by atoms with Crippen LogP contribution in [-0.2, 0) is 6.61 Å². The highest BCUT2D eigenvalue weighted by Gasteiger charge is 2.07. The Morgan fingerprint density at radius 2 is 2.27 bits per heavy atom. The van der Waals surface area contributed by atoms with Gasteiger partial charge in [0, 0.05) is 16.0 Å². The van der Waals surface area contributed by atoms with Gasteiger partial charge in [-0.2, -0.15) is 0 Å². The molecule has 0 spiro atoms. The third kappa shape index (κ3) is 2.70. The minimum atomic E-state index is -0.359. The first kappa shape index (κ1) is 11.0. The number of aliphatic hydroxyl groups excluding tert-OH is 1. The third-order valence-corrected chi connectivity index (χ3v) is 1.85. The summed E-state index contributed by atoms with van der Waals surface area (Å²) in [5, 5.41) is 21.2. The number of rotatable bonds is 4. The number of ketones is 1. The van der Waals surface area contributed by atoms with Gasteiger partial charge in [-0.25, -0.2) is 0 Å². The van der Waals surface area contributed by atoms with Crippen LogP contribution < -0.4 is 0 Å². The number of hydrogen-bond donors (Lipinski definition) is 2. The van der Waals surface area contributed by atoms with E-state index in [0.717, 1.165) is 0 Å². The van der Waals surface area contributed by atoms with E-state index in [1.165, 1.54) is 18.2 Å². The Bertz CT molecular complexity index is 425. The second-order valence-electron chi connectivity index (χ2n) is 2.81. The van der Waals surface area contributed by atoms with Crippen molar-refractivity contribution in [2.45, 2.75) is 6.61 Å². The zero-order valence-electron chi connectivity index (χ0n) is 7.79. The first-order chi connectivity index (χ1) is 7.19. The number of nitrogens with zero attached hydrogens (tertiary/aromatic N) is 3. The van der Waals surface area contributed by atoms with Gasteiger partial charge >= 0.3 is 0 Å². The Hall–Kier alpha value is -2.04. The average Bonchev–Trinajstić information content (AvgIpc) is 2.26. The number of carbonyl (C=O) groups is 1. The molecule has 0 atom stereocenters. The largest absolute Gasteiger partial charge is 0.508 e. The van der Waals surface area contributed by atoms with Gasteiger partial charge in [-0.15, -0.1) is 0 Å². The summed E-state index contributed by atoms with van der Waals surface area (Å²) in [7, 11) is 0. The average molecular weight is 207 g/mol. The van der Waals surface area contributed by atoms with E-state index in [9.17, 15) is 9.90 Å². The van der Waals surface area contributed by atoms with Crippen LogP contribution in [0.1, 0.15) is 15.9 Å². The molecule has 0 aliphatic heterocycles. The van der Waals surface area contributed by atoms with E-state index in [1.807, 2.05) is 0 Å². The summed E-state index contributed by atoms with van der Waals surface area (Å²) < 4.78 is 0. The quantitative estimate of drug-likeness (QED) is 0.337. The first-order valence-electron chi connectivity index (χ1n) is 4.16. The standard InChI is InChI=1S/C9H9N3O3/c10-12-11-4-9(15)6-1-2-8(14)7(3-6)5-13/h1-3,13-14H,4-5H2. The molecule has 0 aliphatic carbocycles. The van der Waals surface area contributed by atoms with Gasteiger partial charge in [0.25, 0.3) is 0 Å². The highest BCUT2D eigenvalue weighted by molar-refractivity contribution is 5.98. The Labute approximate surface area is 85.4 Å². The molecule has 0 aromatic heterocycles. The molecule has 0 saturated carbocycles. The summed E-state index contributed by atoms with van der Waals surface area (Å²) >= 11 is 0. The van der Waals surface area contributed by atoms with Crippen LogP contribution in [0.5, 0.6) is 5.75 Å². The molecular weight excluding hydrogens is 198 g/mol. The topological polar surface area (TPSA) is 106 Å². The SMILES string of the molecule is [N-]=[N+]=NCC(=O)c1ccc(O)c(CO)c1. The highest BCUT2D eigenvalue weighted by atomic mass is 16.3. The zero-order valence-corrected chi connectivity index (χ0v) is 7.79. The summed E-state index contributed by atoms with van der Waals surface area (Å²) in [4.78, 5) is 13.8. The summed E-state index contributed by atoms with van der Waals surface area (Å²) in [6.07, 6.45) is 0. The van der Waals surface area contributed by atoms with Crippen LogP contribution in [0, 0.1) is 0 Å². The smallest absolute Gasteiger partial charge is 0.168 e. The number of aliphatic hydroxyl groups is 1. The Morgan fingerprint density at radius 1 is 1.53 bits per heavy atom. The van der Waals surface area contributed by atoms with E-state index in [4.69, 9.17) is 10.6 Å². The van der Waals surface area contributed by atoms with Crippen LogP contribution in [0.25, 0.3) is 10.4 Å². The van der Waals surface area contributed by atoms with Crippen molar-refractivity contribution < 1.29 is 15.0 Å². The maximum absolute atomic E-state index is 11.4. The van der Waals surface area contributed by atoms with Crippen molar-refractivity contribution in [2.24, 2.45) is 5.11 Å². The van der Waals surface area contributed by atoms with Crippen LogP contribution in [0.4, 0.5) is 0 Å². The van der Waals surface area contributed by atoms with E-state index < -0.39 is 0 Å². The fourth-order valence-corrected chi connectivity index (χ4v) is 1.07. The number of carbonyl (C=O) groups excluding carboxylic acids is 1. The molecule has 1 aromatic rings. The predicted octanol–water partition coefficient (Wildman–Crippen LogP) is 1.38. The number of hydrogen-bond acceptors (Lipinski definition) is 4. The number of benzene rings is 1. The van der Waals surface area contributed by atoms with Crippen molar-refractivity contribution in [3.8, 4) is 5.75 Å². The number of Topliss-reactive ketones (excluding diaryl/α,β-unsaturated/α-hetero) is 1. The third-order valence-electron chi connectivity index (χ3n) is 1.85. The molecule has 78 valence electrons. The van der Waals surface area contributed by atoms with Gasteiger partial charge in [-0.3, -0.25) is 4.79 Å². The summed E-state index contributed by atoms with van der Waals surface area (Å²) in [5.74, 6) is -0.430. The van der Waals surface area contributed by atoms with Gasteiger partial charge in [0.05, 0.1) is 13.2 Å². The van der Waals surface area contributed by atoms with Crippen molar-refractivity contribution in [1.82, 2.24) is 0 Å². The van der Waals surface area contributed by atoms with Crippen molar-refractivity contribution in [1.29, 1.82) is 0 Å². The molecule has 0 amide bonds. The molecule has 0 heterocycles. The molecule has 6 heteroatoms. The van der Waals surface area contributed by atoms with Crippen LogP contribution in [0.3, 0.4) is 0 Å². The Kier molecular flexibility index (Phi) is 3.68. The summed E-state index contributed by atoms with van der Waals surface area (Å²) in [6, 6.07) is 4.09. The minimum Gasteiger partial charge on any atom is -0.508 e. The molecule has 6 nitrogen and oxygen atoms in total. The molecule has 2 N–H and O–H groups in total. The van der Waals surface area contributed by atoms with Crippen LogP contribution >= 0.6 is 0 Å².